The van der Waals surface area contributed by atoms with Gasteiger partial charge in [-0.2, -0.15) is 0 Å². The lowest BCUT2D eigenvalue weighted by Crippen LogP contribution is -2.30. The molecule has 1 amide bonds. The number of Topliss-reactive ketones (excluding diaryl/α,β-unsaturated/α-hetero) is 2. The van der Waals surface area contributed by atoms with Gasteiger partial charge in [0.15, 0.2) is 17.3 Å². The minimum absolute atomic E-state index is 0.0485. The summed E-state index contributed by atoms with van der Waals surface area (Å²) in [6, 6.07) is 10.7. The van der Waals surface area contributed by atoms with Crippen LogP contribution < -0.4 is 9.47 Å². The fourth-order valence-corrected chi connectivity index (χ4v) is 4.03. The maximum atomic E-state index is 13.5. The second-order valence-electron chi connectivity index (χ2n) is 7.47. The first kappa shape index (κ1) is 19.2. The number of nitrogens with zero attached hydrogens (tertiary/aromatic N) is 1. The molecule has 1 aromatic carbocycles. The number of fused-ring (bicyclic) bond motifs is 1. The largest absolute Gasteiger partial charge is 0.486 e. The average Bonchev–Trinajstić information content (AvgIpc) is 3.50. The van der Waals surface area contributed by atoms with Crippen molar-refractivity contribution in [2.45, 2.75) is 19.5 Å². The number of rotatable bonds is 5. The van der Waals surface area contributed by atoms with E-state index in [0.29, 0.717) is 42.0 Å². The van der Waals surface area contributed by atoms with Crippen molar-refractivity contribution < 1.29 is 32.7 Å². The summed E-state index contributed by atoms with van der Waals surface area (Å²) in [5.41, 5.74) is 0.267. The van der Waals surface area contributed by atoms with E-state index in [1.165, 1.54) is 11.2 Å². The number of likely N-dealkylation sites (tertiary alicyclic amines) is 1. The van der Waals surface area contributed by atoms with Gasteiger partial charge in [-0.05, 0) is 49.4 Å². The number of hydrogen-bond acceptors (Lipinski definition) is 7. The highest BCUT2D eigenvalue weighted by atomic mass is 16.6. The van der Waals surface area contributed by atoms with Crippen molar-refractivity contribution in [2.75, 3.05) is 13.2 Å². The Kier molecular flexibility index (Phi) is 4.62. The summed E-state index contributed by atoms with van der Waals surface area (Å²) in [6.07, 6.45) is 1.49. The molecule has 2 atom stereocenters. The van der Waals surface area contributed by atoms with Crippen molar-refractivity contribution in [1.29, 1.82) is 0 Å². The topological polar surface area (TPSA) is 99.2 Å². The van der Waals surface area contributed by atoms with Crippen LogP contribution in [0.5, 0.6) is 11.5 Å². The molecule has 2 aliphatic heterocycles. The van der Waals surface area contributed by atoms with Crippen LogP contribution in [-0.2, 0) is 16.1 Å². The number of benzene rings is 1. The molecule has 31 heavy (non-hydrogen) atoms. The molecule has 0 radical (unpaired) electrons. The zero-order valence-corrected chi connectivity index (χ0v) is 16.7. The van der Waals surface area contributed by atoms with E-state index in [-0.39, 0.29) is 12.1 Å². The van der Waals surface area contributed by atoms with Crippen molar-refractivity contribution in [3.63, 3.8) is 0 Å². The summed E-state index contributed by atoms with van der Waals surface area (Å²) < 4.78 is 22.2. The van der Waals surface area contributed by atoms with E-state index in [2.05, 4.69) is 0 Å². The van der Waals surface area contributed by atoms with Crippen LogP contribution in [0.2, 0.25) is 0 Å². The summed E-state index contributed by atoms with van der Waals surface area (Å²) in [7, 11) is 0. The monoisotopic (exact) mass is 421 g/mol. The number of amides is 1. The third kappa shape index (κ3) is 3.30. The van der Waals surface area contributed by atoms with Crippen LogP contribution in [-0.4, -0.2) is 35.6 Å². The number of carbonyl (C=O) groups is 3. The van der Waals surface area contributed by atoms with Crippen molar-refractivity contribution in [3.05, 3.63) is 71.6 Å². The first-order valence-electron chi connectivity index (χ1n) is 9.90. The molecular weight excluding hydrogens is 402 g/mol. The quantitative estimate of drug-likeness (QED) is 0.355. The molecule has 0 N–H and O–H groups in total. The van der Waals surface area contributed by atoms with E-state index in [1.54, 1.807) is 49.4 Å². The molecule has 3 aromatic rings. The van der Waals surface area contributed by atoms with E-state index in [0.717, 1.165) is 0 Å². The van der Waals surface area contributed by atoms with E-state index in [1.807, 2.05) is 0 Å². The lowest BCUT2D eigenvalue weighted by molar-refractivity contribution is -0.141. The SMILES string of the molecule is Cc1ccc(C2C(C(=O)c3ccc4c(c3)OCCO4)C(=O)C(=O)N2Cc2ccco2)o1. The zero-order chi connectivity index (χ0) is 21.5. The van der Waals surface area contributed by atoms with Crippen molar-refractivity contribution in [2.24, 2.45) is 5.92 Å². The molecule has 2 aromatic heterocycles. The van der Waals surface area contributed by atoms with Crippen molar-refractivity contribution in [3.8, 4) is 11.5 Å². The highest BCUT2D eigenvalue weighted by Gasteiger charge is 2.53. The Morgan fingerprint density at radius 1 is 1.06 bits per heavy atom. The number of aryl methyl sites for hydroxylation is 1. The second kappa shape index (κ2) is 7.46. The maximum Gasteiger partial charge on any atom is 0.291 e. The molecule has 1 saturated heterocycles. The second-order valence-corrected chi connectivity index (χ2v) is 7.47. The van der Waals surface area contributed by atoms with Crippen molar-refractivity contribution in [1.82, 2.24) is 4.90 Å². The molecular formula is C23H19NO7. The van der Waals surface area contributed by atoms with E-state index in [9.17, 15) is 14.4 Å². The van der Waals surface area contributed by atoms with Gasteiger partial charge >= 0.3 is 0 Å². The third-order valence-electron chi connectivity index (χ3n) is 5.47. The highest BCUT2D eigenvalue weighted by molar-refractivity contribution is 6.43. The molecule has 0 aliphatic carbocycles. The molecule has 158 valence electrons. The van der Waals surface area contributed by atoms with Gasteiger partial charge in [-0.25, -0.2) is 0 Å². The highest BCUT2D eigenvalue weighted by Crippen LogP contribution is 2.41. The van der Waals surface area contributed by atoms with Crippen LogP contribution in [0.3, 0.4) is 0 Å². The fourth-order valence-electron chi connectivity index (χ4n) is 4.03. The Labute approximate surface area is 177 Å². The Hall–Kier alpha value is -3.81. The molecule has 0 saturated carbocycles. The number of carbonyl (C=O) groups excluding carboxylic acids is 3. The summed E-state index contributed by atoms with van der Waals surface area (Å²) in [4.78, 5) is 40.7. The number of ketones is 2. The van der Waals surface area contributed by atoms with Gasteiger partial charge in [0.2, 0.25) is 5.78 Å². The normalized spacial score (nSPS) is 20.4. The first-order valence-corrected chi connectivity index (χ1v) is 9.90. The molecule has 4 heterocycles. The van der Waals surface area contributed by atoms with Gasteiger partial charge in [-0.15, -0.1) is 0 Å². The van der Waals surface area contributed by atoms with Crippen LogP contribution in [0.25, 0.3) is 0 Å². The van der Waals surface area contributed by atoms with Crippen molar-refractivity contribution >= 4 is 17.5 Å². The molecule has 5 rings (SSSR count). The summed E-state index contributed by atoms with van der Waals surface area (Å²) >= 11 is 0. The van der Waals surface area contributed by atoms with Crippen LogP contribution in [0.1, 0.15) is 33.7 Å². The van der Waals surface area contributed by atoms with E-state index < -0.39 is 29.4 Å². The maximum absolute atomic E-state index is 13.5. The molecule has 8 heteroatoms. The zero-order valence-electron chi connectivity index (χ0n) is 16.7. The van der Waals surface area contributed by atoms with Crippen LogP contribution in [0, 0.1) is 12.8 Å². The molecule has 0 bridgehead atoms. The van der Waals surface area contributed by atoms with E-state index in [4.69, 9.17) is 18.3 Å². The summed E-state index contributed by atoms with van der Waals surface area (Å²) in [6.45, 7) is 2.61. The molecule has 8 nitrogen and oxygen atoms in total. The Morgan fingerprint density at radius 3 is 2.58 bits per heavy atom. The Bertz CT molecular complexity index is 1160. The first-order chi connectivity index (χ1) is 15.0. The van der Waals surface area contributed by atoms with Gasteiger partial charge in [0.05, 0.1) is 12.8 Å². The average molecular weight is 421 g/mol. The fraction of sp³-hybridized carbons (Fsp3) is 0.261. The van der Waals surface area contributed by atoms with Gasteiger partial charge < -0.3 is 23.2 Å². The predicted octanol–water partition coefficient (Wildman–Crippen LogP) is 3.10. The van der Waals surface area contributed by atoms with E-state index >= 15 is 0 Å². The minimum atomic E-state index is -1.24. The molecule has 1 fully saturated rings. The van der Waals surface area contributed by atoms with Gasteiger partial charge in [0.25, 0.3) is 5.91 Å². The Morgan fingerprint density at radius 2 is 1.87 bits per heavy atom. The lowest BCUT2D eigenvalue weighted by Gasteiger charge is -2.24. The lowest BCUT2D eigenvalue weighted by atomic mass is 9.88. The van der Waals surface area contributed by atoms with Crippen LogP contribution >= 0.6 is 0 Å². The smallest absolute Gasteiger partial charge is 0.291 e. The number of hydrogen-bond donors (Lipinski definition) is 0. The van der Waals surface area contributed by atoms with Crippen LogP contribution in [0.15, 0.2) is 57.6 Å². The van der Waals surface area contributed by atoms with Crippen LogP contribution in [0.4, 0.5) is 0 Å². The third-order valence-corrected chi connectivity index (χ3v) is 5.47. The van der Waals surface area contributed by atoms with Gasteiger partial charge in [-0.3, -0.25) is 14.4 Å². The Balaban J connectivity index is 1.54. The standard InChI is InChI=1S/C23H19NO7/c1-13-4-6-17(31-13)20-19(22(26)23(27)24(20)12-15-3-2-8-28-15)21(25)14-5-7-16-18(11-14)30-10-9-29-16/h2-8,11,19-20H,9-10,12H2,1H3. The number of ether oxygens (including phenoxy) is 2. The molecule has 0 spiro atoms. The molecule has 2 unspecified atom stereocenters. The predicted molar refractivity (Wildman–Crippen MR) is 106 cm³/mol. The number of furan rings is 2. The minimum Gasteiger partial charge on any atom is -0.486 e. The van der Waals surface area contributed by atoms with Gasteiger partial charge in [0.1, 0.15) is 42.5 Å². The summed E-state index contributed by atoms with van der Waals surface area (Å²) in [5.74, 6) is -0.768. The van der Waals surface area contributed by atoms with Gasteiger partial charge in [-0.1, -0.05) is 0 Å². The van der Waals surface area contributed by atoms with Gasteiger partial charge in [0, 0.05) is 5.56 Å². The summed E-state index contributed by atoms with van der Waals surface area (Å²) in [5, 5.41) is 0. The molecule has 2 aliphatic rings.